The minimum atomic E-state index is 0. The molecule has 0 aromatic heterocycles. The van der Waals surface area contributed by atoms with Gasteiger partial charge in [0.05, 0.1) is 0 Å². The Morgan fingerprint density at radius 3 is 0.375 bits per heavy atom. The van der Waals surface area contributed by atoms with Crippen LogP contribution in [0.25, 0.3) is 0 Å². The second-order valence-corrected chi connectivity index (χ2v) is 0. The van der Waals surface area contributed by atoms with Crippen LogP contribution in [0.2, 0.25) is 0 Å². The smallest absolute Gasteiger partial charge is 2.00 e. The third-order valence-corrected chi connectivity index (χ3v) is 0. The van der Waals surface area contributed by atoms with E-state index in [4.69, 9.17) is 0 Å². The molecule has 6 nitrogen and oxygen atoms in total. The van der Waals surface area contributed by atoms with Crippen LogP contribution < -0.4 is 0 Å². The third kappa shape index (κ3) is 183. The van der Waals surface area contributed by atoms with Gasteiger partial charge in [-0.3, -0.25) is 0 Å². The first kappa shape index (κ1) is 408. The topological polar surface area (TPSA) is 174 Å². The van der Waals surface area contributed by atoms with Gasteiger partial charge in [0.1, 0.15) is 0 Å². The van der Waals surface area contributed by atoms with Gasteiger partial charge in [-0.2, -0.15) is 0 Å². The maximum Gasteiger partial charge on any atom is 5.00 e. The zero-order chi connectivity index (χ0) is 0. The van der Waals surface area contributed by atoms with E-state index in [2.05, 4.69) is 0 Å². The molecule has 0 bridgehead atoms. The number of rotatable bonds is 0. The van der Waals surface area contributed by atoms with Crippen molar-refractivity contribution in [3.05, 3.63) is 0 Å². The van der Waals surface area contributed by atoms with Crippen LogP contribution in [0.5, 0.6) is 0 Å². The average Bonchev–Trinajstić information content (AvgIpc) is 0. The molecular formula is H2O6Ta2. The van der Waals surface area contributed by atoms with E-state index in [1.807, 2.05) is 0 Å². The summed E-state index contributed by atoms with van der Waals surface area (Å²) in [7, 11) is 0. The van der Waals surface area contributed by atoms with Gasteiger partial charge in [-0.05, 0) is 0 Å². The molecule has 0 atom stereocenters. The Hall–Kier alpha value is 1.24. The minimum absolute atomic E-state index is 0. The summed E-state index contributed by atoms with van der Waals surface area (Å²) in [6.07, 6.45) is 0. The standard InChI is InChI=1S/H2O.5O.2Ta/h1H2;;;;;;;/q;5*-2;2*+5. The Morgan fingerprint density at radius 2 is 0.375 bits per heavy atom. The molecule has 0 fully saturated rings. The van der Waals surface area contributed by atoms with Crippen LogP contribution in [-0.4, -0.2) is 5.48 Å². The van der Waals surface area contributed by atoms with Crippen LogP contribution in [0.4, 0.5) is 0 Å². The van der Waals surface area contributed by atoms with Crippen molar-refractivity contribution >= 4 is 0 Å². The van der Waals surface area contributed by atoms with E-state index in [9.17, 15) is 0 Å². The van der Waals surface area contributed by atoms with Crippen LogP contribution in [0.3, 0.4) is 0 Å². The molecule has 0 amide bonds. The van der Waals surface area contributed by atoms with Gasteiger partial charge in [-0.15, -0.1) is 0 Å². The fourth-order valence-electron chi connectivity index (χ4n) is 0. The summed E-state index contributed by atoms with van der Waals surface area (Å²) >= 11 is 0. The largest absolute Gasteiger partial charge is 5.00 e. The van der Waals surface area contributed by atoms with Crippen molar-refractivity contribution in [2.24, 2.45) is 0 Å². The van der Waals surface area contributed by atoms with Crippen molar-refractivity contribution in [3.8, 4) is 0 Å². The molecule has 8 heavy (non-hydrogen) atoms. The SMILES string of the molecule is O.[O-2].[O-2].[O-2].[O-2].[O-2].[Ta+5].[Ta+5]. The van der Waals surface area contributed by atoms with Gasteiger partial charge in [0.25, 0.3) is 0 Å². The molecule has 0 saturated carbocycles. The molecule has 48 valence electrons. The summed E-state index contributed by atoms with van der Waals surface area (Å²) < 4.78 is 0. The van der Waals surface area contributed by atoms with Crippen molar-refractivity contribution in [2.45, 2.75) is 0 Å². The number of hydrogen-bond donors (Lipinski definition) is 0. The summed E-state index contributed by atoms with van der Waals surface area (Å²) in [5.74, 6) is 0. The summed E-state index contributed by atoms with van der Waals surface area (Å²) in [5, 5.41) is 0. The molecule has 0 saturated heterocycles. The summed E-state index contributed by atoms with van der Waals surface area (Å²) in [6.45, 7) is 0. The van der Waals surface area contributed by atoms with Gasteiger partial charge in [0.15, 0.2) is 0 Å². The Morgan fingerprint density at radius 1 is 0.375 bits per heavy atom. The third-order valence-electron chi connectivity index (χ3n) is 0. The second kappa shape index (κ2) is 281. The van der Waals surface area contributed by atoms with Crippen molar-refractivity contribution in [3.63, 3.8) is 0 Å². The first-order valence-corrected chi connectivity index (χ1v) is 0. The van der Waals surface area contributed by atoms with Gasteiger partial charge >= 0.3 is 44.8 Å². The Balaban J connectivity index is 0. The van der Waals surface area contributed by atoms with Crippen LogP contribution in [-0.2, 0) is 72.1 Å². The molecule has 0 aliphatic rings. The molecule has 2 N–H and O–H groups in total. The van der Waals surface area contributed by atoms with Gasteiger partial charge in [0, 0.05) is 0 Å². The van der Waals surface area contributed by atoms with Gasteiger partial charge in [-0.25, -0.2) is 0 Å². The molecule has 0 aromatic carbocycles. The van der Waals surface area contributed by atoms with Crippen molar-refractivity contribution in [1.29, 1.82) is 0 Å². The first-order valence-electron chi connectivity index (χ1n) is 0. The van der Waals surface area contributed by atoms with Gasteiger partial charge in [-0.1, -0.05) is 0 Å². The zero-order valence-electron chi connectivity index (χ0n) is 3.44. The Bertz CT molecular complexity index is 6.49. The molecule has 0 rings (SSSR count). The molecule has 0 aliphatic carbocycles. The summed E-state index contributed by atoms with van der Waals surface area (Å²) in [4.78, 5) is 0. The van der Waals surface area contributed by atoms with E-state index in [1.54, 1.807) is 0 Å². The van der Waals surface area contributed by atoms with Crippen LogP contribution in [0, 0.1) is 0 Å². The molecular weight excluding hydrogens is 458 g/mol. The van der Waals surface area contributed by atoms with E-state index in [0.29, 0.717) is 0 Å². The predicted molar refractivity (Wildman–Crippen MR) is 7.05 cm³/mol. The monoisotopic (exact) mass is 460 g/mol. The minimum Gasteiger partial charge on any atom is -2.00 e. The quantitative estimate of drug-likeness (QED) is 0.413. The molecule has 0 aliphatic heterocycles. The van der Waals surface area contributed by atoms with Crippen LogP contribution >= 0.6 is 0 Å². The molecule has 0 spiro atoms. The zero-order valence-corrected chi connectivity index (χ0v) is 9.86. The fourth-order valence-corrected chi connectivity index (χ4v) is 0. The van der Waals surface area contributed by atoms with Crippen LogP contribution in [0.15, 0.2) is 0 Å². The average molecular weight is 460 g/mol. The van der Waals surface area contributed by atoms with E-state index >= 15 is 0 Å². The second-order valence-electron chi connectivity index (χ2n) is 0. The summed E-state index contributed by atoms with van der Waals surface area (Å²) in [5.41, 5.74) is 0. The van der Waals surface area contributed by atoms with E-state index < -0.39 is 0 Å². The van der Waals surface area contributed by atoms with E-state index in [1.165, 1.54) is 0 Å². The van der Waals surface area contributed by atoms with Gasteiger partial charge < -0.3 is 32.9 Å². The van der Waals surface area contributed by atoms with Gasteiger partial charge in [0.2, 0.25) is 0 Å². The normalized spacial score (nSPS) is 0. The van der Waals surface area contributed by atoms with E-state index in [0.717, 1.165) is 0 Å². The molecule has 0 aromatic rings. The van der Waals surface area contributed by atoms with Crippen molar-refractivity contribution in [2.75, 3.05) is 0 Å². The van der Waals surface area contributed by atoms with Crippen molar-refractivity contribution < 1.29 is 77.6 Å². The first-order chi connectivity index (χ1) is 0. The molecule has 0 radical (unpaired) electrons. The molecule has 8 heteroatoms. The maximum absolute atomic E-state index is 0. The maximum atomic E-state index is 0. The Labute approximate surface area is 77.5 Å². The molecule has 0 heterocycles. The molecule has 0 unspecified atom stereocenters. The number of hydrogen-bond acceptors (Lipinski definition) is 0. The summed E-state index contributed by atoms with van der Waals surface area (Å²) in [6, 6.07) is 0. The predicted octanol–water partition coefficient (Wildman–Crippen LogP) is -1.42. The fraction of sp³-hybridized carbons (Fsp3) is 0. The van der Waals surface area contributed by atoms with Crippen LogP contribution in [0.1, 0.15) is 0 Å². The van der Waals surface area contributed by atoms with Crippen molar-refractivity contribution in [1.82, 2.24) is 0 Å². The Kier molecular flexibility index (Phi) is 14300. The van der Waals surface area contributed by atoms with E-state index in [-0.39, 0.29) is 77.6 Å².